The number of hydrogen-bond acceptors (Lipinski definition) is 2. The maximum atomic E-state index is 12.1. The molecule has 0 radical (unpaired) electrons. The van der Waals surface area contributed by atoms with Crippen LogP contribution in [0, 0.1) is 0 Å². The van der Waals surface area contributed by atoms with Crippen LogP contribution >= 0.6 is 11.8 Å². The zero-order valence-corrected chi connectivity index (χ0v) is 12.3. The van der Waals surface area contributed by atoms with E-state index in [1.807, 2.05) is 12.3 Å². The van der Waals surface area contributed by atoms with Gasteiger partial charge in [-0.15, -0.1) is 11.8 Å². The van der Waals surface area contributed by atoms with Crippen LogP contribution in [0.3, 0.4) is 0 Å². The minimum absolute atomic E-state index is 0.173. The molecule has 3 rings (SSSR count). The third-order valence-corrected chi connectivity index (χ3v) is 5.22. The first-order valence-electron chi connectivity index (χ1n) is 7.29. The number of aromatic nitrogens is 1. The molecule has 2 aromatic rings. The van der Waals surface area contributed by atoms with Crippen molar-refractivity contribution in [1.82, 2.24) is 10.3 Å². The smallest absolute Gasteiger partial charge is 0.233 e. The van der Waals surface area contributed by atoms with E-state index >= 15 is 0 Å². The van der Waals surface area contributed by atoms with Gasteiger partial charge in [0.2, 0.25) is 5.91 Å². The summed E-state index contributed by atoms with van der Waals surface area (Å²) in [4.78, 5) is 15.3. The van der Waals surface area contributed by atoms with Crippen molar-refractivity contribution in [3.8, 4) is 0 Å². The van der Waals surface area contributed by atoms with Crippen LogP contribution < -0.4 is 5.32 Å². The molecular formula is C16H20N2OS. The van der Waals surface area contributed by atoms with Crippen LogP contribution in [-0.2, 0) is 11.2 Å². The molecule has 1 fully saturated rings. The number of carbonyl (C=O) groups is 1. The summed E-state index contributed by atoms with van der Waals surface area (Å²) in [7, 11) is 0. The highest BCUT2D eigenvalue weighted by molar-refractivity contribution is 8.00. The van der Waals surface area contributed by atoms with Gasteiger partial charge in [0.15, 0.2) is 0 Å². The summed E-state index contributed by atoms with van der Waals surface area (Å²) in [5.41, 5.74) is 2.44. The van der Waals surface area contributed by atoms with Gasteiger partial charge in [0.1, 0.15) is 0 Å². The lowest BCUT2D eigenvalue weighted by Gasteiger charge is -2.20. The lowest BCUT2D eigenvalue weighted by Crippen LogP contribution is -2.35. The van der Waals surface area contributed by atoms with Gasteiger partial charge in [-0.2, -0.15) is 0 Å². The van der Waals surface area contributed by atoms with Crippen molar-refractivity contribution in [3.63, 3.8) is 0 Å². The fraction of sp³-hybridized carbons (Fsp3) is 0.438. The highest BCUT2D eigenvalue weighted by Crippen LogP contribution is 2.25. The number of thioether (sulfide) groups is 1. The Kier molecular flexibility index (Phi) is 4.31. The van der Waals surface area contributed by atoms with Crippen LogP contribution in [-0.4, -0.2) is 28.4 Å². The standard InChI is InChI=1S/C16H20N2OS/c19-16(15-7-3-4-10-20-15)17-9-8-12-11-18-14-6-2-1-5-13(12)14/h1-2,5-6,11,15,18H,3-4,7-10H2,(H,17,19). The summed E-state index contributed by atoms with van der Waals surface area (Å²) >= 11 is 1.80. The maximum Gasteiger partial charge on any atom is 0.233 e. The number of para-hydroxylation sites is 1. The van der Waals surface area contributed by atoms with Gasteiger partial charge in [0.05, 0.1) is 5.25 Å². The number of rotatable bonds is 4. The van der Waals surface area contributed by atoms with Crippen LogP contribution in [0.15, 0.2) is 30.5 Å². The Balaban J connectivity index is 1.53. The summed E-state index contributed by atoms with van der Waals surface area (Å²) in [6.45, 7) is 0.720. The van der Waals surface area contributed by atoms with E-state index in [4.69, 9.17) is 0 Å². The molecule has 1 amide bonds. The molecule has 1 unspecified atom stereocenters. The van der Waals surface area contributed by atoms with Gasteiger partial charge in [0.25, 0.3) is 0 Å². The molecule has 20 heavy (non-hydrogen) atoms. The molecule has 0 spiro atoms. The van der Waals surface area contributed by atoms with Crippen molar-refractivity contribution in [2.45, 2.75) is 30.9 Å². The average Bonchev–Trinajstić information content (AvgIpc) is 2.92. The molecule has 3 nitrogen and oxygen atoms in total. The maximum absolute atomic E-state index is 12.1. The Morgan fingerprint density at radius 1 is 1.35 bits per heavy atom. The number of H-pyrrole nitrogens is 1. The second kappa shape index (κ2) is 6.35. The van der Waals surface area contributed by atoms with E-state index in [0.29, 0.717) is 0 Å². The molecule has 0 aliphatic carbocycles. The van der Waals surface area contributed by atoms with Gasteiger partial charge in [-0.25, -0.2) is 0 Å². The van der Waals surface area contributed by atoms with Crippen LogP contribution in [0.5, 0.6) is 0 Å². The van der Waals surface area contributed by atoms with Crippen LogP contribution in [0.4, 0.5) is 0 Å². The number of amides is 1. The topological polar surface area (TPSA) is 44.9 Å². The van der Waals surface area contributed by atoms with E-state index in [2.05, 4.69) is 28.5 Å². The fourth-order valence-electron chi connectivity index (χ4n) is 2.72. The van der Waals surface area contributed by atoms with E-state index < -0.39 is 0 Å². The first-order valence-corrected chi connectivity index (χ1v) is 8.34. The Hall–Kier alpha value is -1.42. The normalized spacial score (nSPS) is 19.1. The SMILES string of the molecule is O=C(NCCc1c[nH]c2ccccc12)C1CCCCS1. The van der Waals surface area contributed by atoms with Crippen molar-refractivity contribution in [2.75, 3.05) is 12.3 Å². The number of benzene rings is 1. The van der Waals surface area contributed by atoms with Crippen LogP contribution in [0.2, 0.25) is 0 Å². The molecule has 0 saturated carbocycles. The number of nitrogens with one attached hydrogen (secondary N) is 2. The Labute approximate surface area is 123 Å². The minimum atomic E-state index is 0.173. The van der Waals surface area contributed by atoms with Gasteiger partial charge in [-0.3, -0.25) is 4.79 Å². The highest BCUT2D eigenvalue weighted by Gasteiger charge is 2.21. The summed E-state index contributed by atoms with van der Waals surface area (Å²) in [6, 6.07) is 8.29. The highest BCUT2D eigenvalue weighted by atomic mass is 32.2. The summed E-state index contributed by atoms with van der Waals surface area (Å²) in [5, 5.41) is 4.51. The molecule has 0 bridgehead atoms. The molecule has 1 aromatic heterocycles. The molecular weight excluding hydrogens is 268 g/mol. The number of carbonyl (C=O) groups excluding carboxylic acids is 1. The quantitative estimate of drug-likeness (QED) is 0.908. The molecule has 4 heteroatoms. The first-order chi connectivity index (χ1) is 9.84. The van der Waals surface area contributed by atoms with Gasteiger partial charge in [-0.05, 0) is 36.6 Å². The van der Waals surface area contributed by atoms with Crippen molar-refractivity contribution in [1.29, 1.82) is 0 Å². The Morgan fingerprint density at radius 2 is 2.25 bits per heavy atom. The largest absolute Gasteiger partial charge is 0.361 e. The minimum Gasteiger partial charge on any atom is -0.361 e. The van der Waals surface area contributed by atoms with E-state index in [1.165, 1.54) is 23.8 Å². The molecule has 1 saturated heterocycles. The Morgan fingerprint density at radius 3 is 3.10 bits per heavy atom. The second-order valence-corrected chi connectivity index (χ2v) is 6.57. The van der Waals surface area contributed by atoms with E-state index in [1.54, 1.807) is 11.8 Å². The molecule has 2 heterocycles. The van der Waals surface area contributed by atoms with Crippen molar-refractivity contribution < 1.29 is 4.79 Å². The predicted octanol–water partition coefficient (Wildman–Crippen LogP) is 3.11. The predicted molar refractivity (Wildman–Crippen MR) is 85.1 cm³/mol. The van der Waals surface area contributed by atoms with Gasteiger partial charge >= 0.3 is 0 Å². The molecule has 2 N–H and O–H groups in total. The zero-order chi connectivity index (χ0) is 13.8. The summed E-state index contributed by atoms with van der Waals surface area (Å²) in [6.07, 6.45) is 6.40. The first kappa shape index (κ1) is 13.6. The van der Waals surface area contributed by atoms with Gasteiger partial charge < -0.3 is 10.3 Å². The molecule has 1 aliphatic rings. The Bertz CT molecular complexity index is 587. The summed E-state index contributed by atoms with van der Waals surface area (Å²) < 4.78 is 0. The number of hydrogen-bond donors (Lipinski definition) is 2. The number of fused-ring (bicyclic) bond motifs is 1. The van der Waals surface area contributed by atoms with E-state index in [9.17, 15) is 4.79 Å². The van der Waals surface area contributed by atoms with E-state index in [-0.39, 0.29) is 11.2 Å². The molecule has 106 valence electrons. The van der Waals surface area contributed by atoms with Gasteiger partial charge in [0, 0.05) is 23.6 Å². The lowest BCUT2D eigenvalue weighted by atomic mass is 10.1. The van der Waals surface area contributed by atoms with Crippen molar-refractivity contribution in [3.05, 3.63) is 36.0 Å². The van der Waals surface area contributed by atoms with Crippen molar-refractivity contribution in [2.24, 2.45) is 0 Å². The van der Waals surface area contributed by atoms with Crippen molar-refractivity contribution >= 4 is 28.6 Å². The third-order valence-electron chi connectivity index (χ3n) is 3.84. The monoisotopic (exact) mass is 288 g/mol. The number of aromatic amines is 1. The fourth-order valence-corrected chi connectivity index (χ4v) is 3.94. The second-order valence-electron chi connectivity index (χ2n) is 5.26. The molecule has 1 aliphatic heterocycles. The van der Waals surface area contributed by atoms with Crippen LogP contribution in [0.1, 0.15) is 24.8 Å². The lowest BCUT2D eigenvalue weighted by molar-refractivity contribution is -0.120. The average molecular weight is 288 g/mol. The van der Waals surface area contributed by atoms with E-state index in [0.717, 1.165) is 30.7 Å². The molecule has 1 aromatic carbocycles. The molecule has 1 atom stereocenters. The van der Waals surface area contributed by atoms with Crippen LogP contribution in [0.25, 0.3) is 10.9 Å². The van der Waals surface area contributed by atoms with Gasteiger partial charge in [-0.1, -0.05) is 24.6 Å². The third kappa shape index (κ3) is 3.01. The summed E-state index contributed by atoms with van der Waals surface area (Å²) in [5.74, 6) is 1.34. The zero-order valence-electron chi connectivity index (χ0n) is 11.5.